The third kappa shape index (κ3) is 8.46. The molecule has 0 fully saturated rings. The van der Waals surface area contributed by atoms with Crippen LogP contribution in [0.4, 0.5) is 5.13 Å². The smallest absolute Gasteiger partial charge is 0.347 e. The molecule has 29 heavy (non-hydrogen) atoms. The van der Waals surface area contributed by atoms with E-state index in [1.54, 1.807) is 0 Å². The molecule has 6 heteroatoms. The van der Waals surface area contributed by atoms with E-state index in [4.69, 9.17) is 10.8 Å². The Morgan fingerprint density at radius 3 is 2.24 bits per heavy atom. The Bertz CT molecular complexity index is 851. The van der Waals surface area contributed by atoms with Crippen LogP contribution in [0.15, 0.2) is 60.7 Å². The minimum Gasteiger partial charge on any atom is -0.477 e. The van der Waals surface area contributed by atoms with Crippen molar-refractivity contribution in [1.29, 1.82) is 0 Å². The molecule has 0 radical (unpaired) electrons. The number of nitrogen functional groups attached to an aromatic ring is 1. The van der Waals surface area contributed by atoms with Gasteiger partial charge in [0.05, 0.1) is 5.69 Å². The number of benzene rings is 2. The number of anilines is 1. The fraction of sp³-hybridized carbons (Fsp3) is 0.304. The molecule has 4 N–H and O–H groups in total. The molecule has 0 aliphatic heterocycles. The summed E-state index contributed by atoms with van der Waals surface area (Å²) in [5.74, 6) is -0.972. The fourth-order valence-electron chi connectivity index (χ4n) is 2.77. The van der Waals surface area contributed by atoms with Gasteiger partial charge in [0.25, 0.3) is 0 Å². The van der Waals surface area contributed by atoms with Gasteiger partial charge >= 0.3 is 5.97 Å². The molecule has 0 amide bonds. The van der Waals surface area contributed by atoms with Gasteiger partial charge in [-0.1, -0.05) is 91.8 Å². The Balaban J connectivity index is 0.000000212. The average molecular weight is 412 g/mol. The van der Waals surface area contributed by atoms with Gasteiger partial charge in [-0.25, -0.2) is 9.78 Å². The number of hydrogen-bond acceptors (Lipinski definition) is 5. The lowest BCUT2D eigenvalue weighted by molar-refractivity contribution is 0.0701. The molecule has 0 unspecified atom stereocenters. The lowest BCUT2D eigenvalue weighted by Crippen LogP contribution is -2.14. The third-order valence-electron chi connectivity index (χ3n) is 4.25. The van der Waals surface area contributed by atoms with Crippen molar-refractivity contribution in [3.8, 4) is 0 Å². The number of rotatable bonds is 9. The highest BCUT2D eigenvalue weighted by Gasteiger charge is 2.16. The minimum atomic E-state index is -0.972. The Hall–Kier alpha value is -2.70. The van der Waals surface area contributed by atoms with E-state index < -0.39 is 5.97 Å². The van der Waals surface area contributed by atoms with E-state index >= 15 is 0 Å². The number of carbonyl (C=O) groups is 1. The summed E-state index contributed by atoms with van der Waals surface area (Å²) in [6.07, 6.45) is 4.42. The normalized spacial score (nSPS) is 10.2. The Morgan fingerprint density at radius 2 is 1.66 bits per heavy atom. The number of carboxylic acids is 1. The van der Waals surface area contributed by atoms with Crippen molar-refractivity contribution in [1.82, 2.24) is 10.3 Å². The molecule has 3 aromatic rings. The summed E-state index contributed by atoms with van der Waals surface area (Å²) in [5, 5.41) is 12.7. The first kappa shape index (κ1) is 22.6. The number of thiazole rings is 1. The van der Waals surface area contributed by atoms with Crippen molar-refractivity contribution in [2.24, 2.45) is 0 Å². The molecule has 2 aromatic carbocycles. The van der Waals surface area contributed by atoms with Gasteiger partial charge in [-0.3, -0.25) is 0 Å². The minimum absolute atomic E-state index is 0.223. The topological polar surface area (TPSA) is 88.2 Å². The van der Waals surface area contributed by atoms with Gasteiger partial charge in [-0.05, 0) is 24.1 Å². The molecule has 0 atom stereocenters. The van der Waals surface area contributed by atoms with E-state index in [2.05, 4.69) is 47.6 Å². The Morgan fingerprint density at radius 1 is 1.03 bits per heavy atom. The summed E-state index contributed by atoms with van der Waals surface area (Å²) in [6.45, 7) is 4.38. The van der Waals surface area contributed by atoms with E-state index in [9.17, 15) is 4.79 Å². The summed E-state index contributed by atoms with van der Waals surface area (Å²) < 4.78 is 0. The zero-order valence-corrected chi connectivity index (χ0v) is 17.6. The Kier molecular flexibility index (Phi) is 9.89. The number of aromatic nitrogens is 1. The lowest BCUT2D eigenvalue weighted by atomic mass is 10.1. The van der Waals surface area contributed by atoms with Crippen LogP contribution in [0.3, 0.4) is 0 Å². The quantitative estimate of drug-likeness (QED) is 0.432. The molecule has 0 bridgehead atoms. The van der Waals surface area contributed by atoms with Gasteiger partial charge in [0, 0.05) is 13.0 Å². The first-order valence-electron chi connectivity index (χ1n) is 9.87. The van der Waals surface area contributed by atoms with Crippen LogP contribution in [-0.4, -0.2) is 22.6 Å². The molecule has 3 rings (SSSR count). The second-order valence-electron chi connectivity index (χ2n) is 6.66. The monoisotopic (exact) mass is 411 g/mol. The maximum atomic E-state index is 10.9. The number of hydrogen-bond donors (Lipinski definition) is 3. The number of nitrogens with two attached hydrogens (primary N) is 1. The molecule has 154 valence electrons. The molecular weight excluding hydrogens is 382 g/mol. The van der Waals surface area contributed by atoms with E-state index in [0.29, 0.717) is 17.2 Å². The molecule has 0 aliphatic rings. The third-order valence-corrected chi connectivity index (χ3v) is 5.17. The number of nitrogens with zero attached hydrogens (tertiary/aromatic N) is 1. The summed E-state index contributed by atoms with van der Waals surface area (Å²) in [4.78, 5) is 15.2. The molecule has 1 aromatic heterocycles. The van der Waals surface area contributed by atoms with Crippen LogP contribution in [0.1, 0.15) is 52.7 Å². The second-order valence-corrected chi connectivity index (χ2v) is 7.70. The van der Waals surface area contributed by atoms with Gasteiger partial charge in [0.2, 0.25) is 0 Å². The maximum absolute atomic E-state index is 10.9. The molecule has 0 aliphatic carbocycles. The summed E-state index contributed by atoms with van der Waals surface area (Å²) >= 11 is 1.01. The van der Waals surface area contributed by atoms with Crippen molar-refractivity contribution in [3.05, 3.63) is 82.4 Å². The maximum Gasteiger partial charge on any atom is 0.347 e. The first-order valence-corrected chi connectivity index (χ1v) is 10.7. The highest BCUT2D eigenvalue weighted by Crippen LogP contribution is 2.22. The fourth-order valence-corrected chi connectivity index (χ4v) is 3.46. The van der Waals surface area contributed by atoms with Crippen LogP contribution in [0.25, 0.3) is 0 Å². The second kappa shape index (κ2) is 12.7. The van der Waals surface area contributed by atoms with Gasteiger partial charge in [-0.15, -0.1) is 0 Å². The average Bonchev–Trinajstić information content (AvgIpc) is 3.10. The Labute approximate surface area is 176 Å². The van der Waals surface area contributed by atoms with Crippen molar-refractivity contribution in [3.63, 3.8) is 0 Å². The molecule has 0 saturated heterocycles. The molecule has 5 nitrogen and oxygen atoms in total. The lowest BCUT2D eigenvalue weighted by Gasteiger charge is -2.03. The highest BCUT2D eigenvalue weighted by atomic mass is 32.1. The van der Waals surface area contributed by atoms with E-state index in [1.807, 2.05) is 30.3 Å². The first-order chi connectivity index (χ1) is 14.1. The van der Waals surface area contributed by atoms with Crippen molar-refractivity contribution in [2.75, 3.05) is 12.3 Å². The number of unbranched alkanes of at least 4 members (excludes halogenated alkanes) is 2. The van der Waals surface area contributed by atoms with Gasteiger partial charge < -0.3 is 16.2 Å². The van der Waals surface area contributed by atoms with E-state index in [0.717, 1.165) is 30.0 Å². The number of nitrogens with one attached hydrogen (secondary N) is 1. The highest BCUT2D eigenvalue weighted by molar-refractivity contribution is 7.17. The van der Waals surface area contributed by atoms with Crippen molar-refractivity contribution >= 4 is 22.4 Å². The van der Waals surface area contributed by atoms with Gasteiger partial charge in [-0.2, -0.15) is 0 Å². The van der Waals surface area contributed by atoms with Crippen LogP contribution in [-0.2, 0) is 13.0 Å². The predicted octanol–water partition coefficient (Wildman–Crippen LogP) is 4.98. The SMILES string of the molecule is CCCCCNCc1ccccc1.Nc1nc(Cc2ccccc2)c(C(=O)O)s1. The summed E-state index contributed by atoms with van der Waals surface area (Å²) in [5.41, 5.74) is 8.44. The van der Waals surface area contributed by atoms with E-state index in [1.165, 1.54) is 24.8 Å². The predicted molar refractivity (Wildman–Crippen MR) is 120 cm³/mol. The molecule has 1 heterocycles. The van der Waals surface area contributed by atoms with Crippen LogP contribution < -0.4 is 11.1 Å². The van der Waals surface area contributed by atoms with Crippen LogP contribution in [0, 0.1) is 0 Å². The van der Waals surface area contributed by atoms with Crippen molar-refractivity contribution < 1.29 is 9.90 Å². The zero-order chi connectivity index (χ0) is 20.9. The summed E-state index contributed by atoms with van der Waals surface area (Å²) in [7, 11) is 0. The summed E-state index contributed by atoms with van der Waals surface area (Å²) in [6, 6.07) is 20.1. The van der Waals surface area contributed by atoms with E-state index in [-0.39, 0.29) is 4.88 Å². The van der Waals surface area contributed by atoms with Crippen LogP contribution in [0.2, 0.25) is 0 Å². The van der Waals surface area contributed by atoms with Crippen LogP contribution in [0.5, 0.6) is 0 Å². The van der Waals surface area contributed by atoms with Crippen LogP contribution >= 0.6 is 11.3 Å². The van der Waals surface area contributed by atoms with Crippen molar-refractivity contribution in [2.45, 2.75) is 39.2 Å². The largest absolute Gasteiger partial charge is 0.477 e. The zero-order valence-electron chi connectivity index (χ0n) is 16.8. The standard InChI is InChI=1S/C12H19N.C11H10N2O2S/c1-2-3-7-10-13-11-12-8-5-4-6-9-12;12-11-13-8(9(16-11)10(14)15)6-7-4-2-1-3-5-7/h4-6,8-9,13H,2-3,7,10-11H2,1H3;1-5H,6H2,(H2,12,13)(H,14,15). The number of aromatic carboxylic acids is 1. The van der Waals surface area contributed by atoms with Gasteiger partial charge in [0.1, 0.15) is 4.88 Å². The molecule has 0 saturated carbocycles. The number of carboxylic acid groups (broad SMARTS) is 1. The molecular formula is C23H29N3O2S. The molecule has 0 spiro atoms. The van der Waals surface area contributed by atoms with Gasteiger partial charge in [0.15, 0.2) is 5.13 Å².